The highest BCUT2D eigenvalue weighted by atomic mass is 32.2. The number of fused-ring (bicyclic) bond motifs is 1. The van der Waals surface area contributed by atoms with E-state index in [1.54, 1.807) is 11.3 Å². The number of carboxylic acid groups (broad SMARTS) is 1. The van der Waals surface area contributed by atoms with Crippen molar-refractivity contribution in [1.29, 1.82) is 0 Å². The van der Waals surface area contributed by atoms with Gasteiger partial charge in [-0.25, -0.2) is 4.79 Å². The molecule has 29 heavy (non-hydrogen) atoms. The van der Waals surface area contributed by atoms with Crippen LogP contribution >= 0.6 is 23.1 Å². The number of carboxylic acids is 1. The molecule has 3 rings (SSSR count). The molecule has 5 nitrogen and oxygen atoms in total. The zero-order valence-corrected chi connectivity index (χ0v) is 20.8. The number of hydrogen-bond acceptors (Lipinski definition) is 5. The number of nitrogens with zero attached hydrogens (tertiary/aromatic N) is 1. The molecule has 1 fully saturated rings. The smallest absolute Gasteiger partial charge is 0.353 e. The lowest BCUT2D eigenvalue weighted by Crippen LogP contribution is -2.69. The molecular weight excluding hydrogens is 422 g/mol. The fourth-order valence-corrected chi connectivity index (χ4v) is 7.74. The molecule has 1 saturated heterocycles. The van der Waals surface area contributed by atoms with Crippen LogP contribution in [0.5, 0.6) is 0 Å². The molecule has 1 unspecified atom stereocenters. The van der Waals surface area contributed by atoms with Crippen LogP contribution in [0, 0.1) is 11.3 Å². The minimum Gasteiger partial charge on any atom is -0.477 e. The molecule has 1 aromatic rings. The van der Waals surface area contributed by atoms with Crippen LogP contribution in [-0.2, 0) is 14.0 Å². The molecule has 8 heteroatoms. The van der Waals surface area contributed by atoms with E-state index in [9.17, 15) is 14.7 Å². The minimum atomic E-state index is -1.43. The second-order valence-corrected chi connectivity index (χ2v) is 13.5. The number of β-lactam (4-membered cyclic amide) rings is 1. The van der Waals surface area contributed by atoms with Crippen LogP contribution in [0.4, 0.5) is 0 Å². The maximum atomic E-state index is 13.2. The lowest BCUT2D eigenvalue weighted by Gasteiger charge is -2.56. The van der Waals surface area contributed by atoms with Crippen LogP contribution in [0.1, 0.15) is 39.5 Å². The van der Waals surface area contributed by atoms with Crippen LogP contribution < -0.4 is 0 Å². The SMILES string of the molecule is C/C(=C\C1=C(C(=O)O)N2C(=O)[C@H](C(C)(O[SiH](C)C)C(C)(C)C)[C@H]2S1)c1cccs1. The predicted octanol–water partition coefficient (Wildman–Crippen LogP) is 4.78. The Morgan fingerprint density at radius 1 is 1.31 bits per heavy atom. The summed E-state index contributed by atoms with van der Waals surface area (Å²) in [4.78, 5) is 28.4. The third-order valence-corrected chi connectivity index (χ3v) is 9.04. The Kier molecular flexibility index (Phi) is 5.95. The van der Waals surface area contributed by atoms with Gasteiger partial charge in [-0.15, -0.1) is 11.3 Å². The van der Waals surface area contributed by atoms with Gasteiger partial charge >= 0.3 is 5.97 Å². The lowest BCUT2D eigenvalue weighted by molar-refractivity contribution is -0.173. The number of carbonyl (C=O) groups excluding carboxylic acids is 1. The molecule has 0 saturated carbocycles. The maximum Gasteiger partial charge on any atom is 0.353 e. The molecule has 0 aromatic carbocycles. The van der Waals surface area contributed by atoms with E-state index in [1.165, 1.54) is 16.7 Å². The molecule has 0 bridgehead atoms. The van der Waals surface area contributed by atoms with Gasteiger partial charge in [-0.3, -0.25) is 9.69 Å². The van der Waals surface area contributed by atoms with Gasteiger partial charge < -0.3 is 9.53 Å². The molecule has 2 aliphatic heterocycles. The first-order valence-electron chi connectivity index (χ1n) is 9.75. The summed E-state index contributed by atoms with van der Waals surface area (Å²) in [5.41, 5.74) is 0.184. The van der Waals surface area contributed by atoms with E-state index in [2.05, 4.69) is 33.9 Å². The third kappa shape index (κ3) is 3.76. The summed E-state index contributed by atoms with van der Waals surface area (Å²) in [5.74, 6) is -1.58. The van der Waals surface area contributed by atoms with Crippen molar-refractivity contribution in [3.05, 3.63) is 39.1 Å². The Hall–Kier alpha value is -1.35. The Labute approximate surface area is 182 Å². The highest BCUT2D eigenvalue weighted by Gasteiger charge is 2.65. The highest BCUT2D eigenvalue weighted by Crippen LogP contribution is 2.57. The summed E-state index contributed by atoms with van der Waals surface area (Å²) in [6.07, 6.45) is 1.90. The van der Waals surface area contributed by atoms with Gasteiger partial charge in [0.15, 0.2) is 9.04 Å². The number of allylic oxidation sites excluding steroid dienone is 2. The monoisotopic (exact) mass is 451 g/mol. The van der Waals surface area contributed by atoms with Crippen molar-refractivity contribution in [3.8, 4) is 0 Å². The Balaban J connectivity index is 1.98. The van der Waals surface area contributed by atoms with Crippen LogP contribution in [0.15, 0.2) is 34.2 Å². The second kappa shape index (κ2) is 7.72. The van der Waals surface area contributed by atoms with Crippen LogP contribution in [-0.4, -0.2) is 41.9 Å². The van der Waals surface area contributed by atoms with Gasteiger partial charge in [0.25, 0.3) is 0 Å². The van der Waals surface area contributed by atoms with E-state index >= 15 is 0 Å². The topological polar surface area (TPSA) is 66.8 Å². The van der Waals surface area contributed by atoms with Gasteiger partial charge in [0, 0.05) is 9.78 Å². The molecular formula is C21H29NO4S2Si. The zero-order valence-electron chi connectivity index (χ0n) is 18.0. The van der Waals surface area contributed by atoms with E-state index < -0.39 is 20.6 Å². The van der Waals surface area contributed by atoms with E-state index in [-0.39, 0.29) is 28.3 Å². The molecule has 0 spiro atoms. The van der Waals surface area contributed by atoms with Crippen molar-refractivity contribution in [2.75, 3.05) is 0 Å². The summed E-state index contributed by atoms with van der Waals surface area (Å²) >= 11 is 3.09. The van der Waals surface area contributed by atoms with Crippen molar-refractivity contribution in [2.45, 2.75) is 58.7 Å². The van der Waals surface area contributed by atoms with Crippen molar-refractivity contribution < 1.29 is 19.1 Å². The Morgan fingerprint density at radius 3 is 2.45 bits per heavy atom. The van der Waals surface area contributed by atoms with Gasteiger partial charge in [0.1, 0.15) is 11.1 Å². The number of hydrogen-bond donors (Lipinski definition) is 1. The summed E-state index contributed by atoms with van der Waals surface area (Å²) in [7, 11) is -1.43. The van der Waals surface area contributed by atoms with Crippen molar-refractivity contribution in [2.24, 2.45) is 11.3 Å². The molecule has 1 aromatic heterocycles. The largest absolute Gasteiger partial charge is 0.477 e. The number of rotatable bonds is 6. The maximum absolute atomic E-state index is 13.2. The zero-order chi connectivity index (χ0) is 21.7. The van der Waals surface area contributed by atoms with E-state index in [0.29, 0.717) is 4.91 Å². The molecule has 2 aliphatic rings. The van der Waals surface area contributed by atoms with E-state index in [0.717, 1.165) is 10.5 Å². The van der Waals surface area contributed by atoms with Gasteiger partial charge in [0.2, 0.25) is 5.91 Å². The normalized spacial score (nSPS) is 24.6. The fourth-order valence-electron chi connectivity index (χ4n) is 3.92. The molecule has 3 heterocycles. The van der Waals surface area contributed by atoms with Gasteiger partial charge in [-0.1, -0.05) is 38.6 Å². The fraction of sp³-hybridized carbons (Fsp3) is 0.524. The Morgan fingerprint density at radius 2 is 1.97 bits per heavy atom. The van der Waals surface area contributed by atoms with E-state index in [1.807, 2.05) is 37.4 Å². The van der Waals surface area contributed by atoms with Crippen molar-refractivity contribution in [1.82, 2.24) is 4.90 Å². The summed E-state index contributed by atoms with van der Waals surface area (Å²) in [5, 5.41) is 11.6. The molecule has 1 amide bonds. The first-order chi connectivity index (χ1) is 13.4. The minimum absolute atomic E-state index is 0.0928. The van der Waals surface area contributed by atoms with Gasteiger partial charge in [-0.2, -0.15) is 0 Å². The number of amides is 1. The standard InChI is InChI=1S/C21H29NO4S2Si/c1-12(13-9-8-10-27-13)11-14-16(19(24)25)22-17(23)15(18(22)28-14)21(5,20(2,3)4)26-29(6)7/h8-11,15,18,29H,1-7H3,(H,24,25)/b12-11+/t15-,18+,21?/m0/s1. The van der Waals surface area contributed by atoms with Crippen LogP contribution in [0.25, 0.3) is 5.57 Å². The third-order valence-electron chi connectivity index (χ3n) is 5.79. The second-order valence-electron chi connectivity index (χ2n) is 9.04. The average Bonchev–Trinajstić information content (AvgIpc) is 3.19. The summed E-state index contributed by atoms with van der Waals surface area (Å²) in [6, 6.07) is 3.98. The Bertz CT molecular complexity index is 885. The predicted molar refractivity (Wildman–Crippen MR) is 122 cm³/mol. The van der Waals surface area contributed by atoms with Crippen molar-refractivity contribution >= 4 is 49.6 Å². The first kappa shape index (κ1) is 22.3. The summed E-state index contributed by atoms with van der Waals surface area (Å²) < 4.78 is 6.45. The molecule has 1 N–H and O–H groups in total. The van der Waals surface area contributed by atoms with Crippen LogP contribution in [0.3, 0.4) is 0 Å². The van der Waals surface area contributed by atoms with E-state index in [4.69, 9.17) is 4.43 Å². The summed E-state index contributed by atoms with van der Waals surface area (Å²) in [6.45, 7) is 14.5. The quantitative estimate of drug-likeness (QED) is 0.498. The number of thioether (sulfide) groups is 1. The molecule has 3 atom stereocenters. The van der Waals surface area contributed by atoms with Crippen molar-refractivity contribution in [3.63, 3.8) is 0 Å². The highest BCUT2D eigenvalue weighted by molar-refractivity contribution is 8.04. The van der Waals surface area contributed by atoms with Crippen LogP contribution in [0.2, 0.25) is 13.1 Å². The molecule has 0 aliphatic carbocycles. The number of aliphatic carboxylic acids is 1. The average molecular weight is 452 g/mol. The lowest BCUT2D eigenvalue weighted by atomic mass is 9.66. The first-order valence-corrected chi connectivity index (χ1v) is 14.3. The van der Waals surface area contributed by atoms with Gasteiger partial charge in [-0.05, 0) is 55.5 Å². The number of thiophene rings is 1. The number of carbonyl (C=O) groups is 2. The molecule has 0 radical (unpaired) electrons. The van der Waals surface area contributed by atoms with Gasteiger partial charge in [0.05, 0.1) is 11.5 Å². The molecule has 158 valence electrons.